The van der Waals surface area contributed by atoms with Crippen molar-refractivity contribution < 1.29 is 14.3 Å². The van der Waals surface area contributed by atoms with Gasteiger partial charge in [-0.05, 0) is 24.3 Å². The molecule has 0 unspecified atom stereocenters. The number of likely N-dealkylation sites (tertiary alicyclic amines) is 1. The second-order valence-electron chi connectivity index (χ2n) is 6.74. The van der Waals surface area contributed by atoms with Gasteiger partial charge in [0.25, 0.3) is 5.91 Å². The zero-order valence-corrected chi connectivity index (χ0v) is 14.4. The second-order valence-corrected chi connectivity index (χ2v) is 6.74. The molecule has 136 valence electrons. The van der Waals surface area contributed by atoms with E-state index in [2.05, 4.69) is 10.1 Å². The van der Waals surface area contributed by atoms with E-state index in [1.54, 1.807) is 32.9 Å². The number of rotatable bonds is 3. The molecule has 2 fully saturated rings. The smallest absolute Gasteiger partial charge is 0.410 e. The lowest BCUT2D eigenvalue weighted by atomic mass is 10.2. The molecular weight excluding hydrogens is 346 g/mol. The van der Waals surface area contributed by atoms with Crippen molar-refractivity contribution in [3.05, 3.63) is 66.2 Å². The molecule has 0 radical (unpaired) electrons. The molecule has 0 aromatic carbocycles. The van der Waals surface area contributed by atoms with Gasteiger partial charge >= 0.3 is 6.09 Å². The van der Waals surface area contributed by atoms with Crippen LogP contribution in [-0.4, -0.2) is 61.6 Å². The molecule has 2 aliphatic heterocycles. The summed E-state index contributed by atoms with van der Waals surface area (Å²) in [4.78, 5) is 32.9. The van der Waals surface area contributed by atoms with Gasteiger partial charge in [-0.25, -0.2) is 9.31 Å². The summed E-state index contributed by atoms with van der Waals surface area (Å²) >= 11 is 0. The Balaban J connectivity index is 1.36. The lowest BCUT2D eigenvalue weighted by Gasteiger charge is -2.22. The van der Waals surface area contributed by atoms with Crippen molar-refractivity contribution in [1.29, 1.82) is 0 Å². The summed E-state index contributed by atoms with van der Waals surface area (Å²) in [6, 6.07) is 11.0. The summed E-state index contributed by atoms with van der Waals surface area (Å²) in [5.41, 5.74) is 2.11. The number of carbonyl (C=O) groups excluding carboxylic acids is 2. The number of fused-ring (bicyclic) bond motifs is 2. The standard InChI is InChI=1S/C19H17N5O3/c25-18(14-9-21-24-8-4-2-6-15(14)24)22-11-16-17(12-22)27-19(26)23(16)10-13-5-1-3-7-20-13/h1-9,16-17H,10-12H2/t16-,17+/m0/s1. The molecule has 27 heavy (non-hydrogen) atoms. The van der Waals surface area contributed by atoms with Crippen LogP contribution in [0.5, 0.6) is 0 Å². The predicted octanol–water partition coefficient (Wildman–Crippen LogP) is 1.57. The maximum atomic E-state index is 13.0. The summed E-state index contributed by atoms with van der Waals surface area (Å²) < 4.78 is 7.18. The van der Waals surface area contributed by atoms with Crippen molar-refractivity contribution in [2.75, 3.05) is 13.1 Å². The lowest BCUT2D eigenvalue weighted by molar-refractivity contribution is 0.0728. The maximum absolute atomic E-state index is 13.0. The molecule has 5 rings (SSSR count). The van der Waals surface area contributed by atoms with Crippen molar-refractivity contribution in [3.63, 3.8) is 0 Å². The molecular formula is C19H17N5O3. The van der Waals surface area contributed by atoms with Crippen LogP contribution in [0.1, 0.15) is 16.1 Å². The van der Waals surface area contributed by atoms with Gasteiger partial charge in [0.05, 0.1) is 42.1 Å². The van der Waals surface area contributed by atoms with Gasteiger partial charge < -0.3 is 9.64 Å². The lowest BCUT2D eigenvalue weighted by Crippen LogP contribution is -2.39. The fourth-order valence-electron chi connectivity index (χ4n) is 3.79. The van der Waals surface area contributed by atoms with Crippen molar-refractivity contribution >= 4 is 17.5 Å². The van der Waals surface area contributed by atoms with Crippen LogP contribution in [0.3, 0.4) is 0 Å². The Morgan fingerprint density at radius 2 is 2.07 bits per heavy atom. The summed E-state index contributed by atoms with van der Waals surface area (Å²) in [7, 11) is 0. The molecule has 3 aromatic heterocycles. The number of hydrogen-bond donors (Lipinski definition) is 0. The predicted molar refractivity (Wildman–Crippen MR) is 94.9 cm³/mol. The van der Waals surface area contributed by atoms with E-state index in [1.165, 1.54) is 0 Å². The van der Waals surface area contributed by atoms with Gasteiger partial charge in [-0.2, -0.15) is 5.10 Å². The molecule has 0 saturated carbocycles. The first-order valence-corrected chi connectivity index (χ1v) is 8.79. The summed E-state index contributed by atoms with van der Waals surface area (Å²) in [6.07, 6.45) is 4.43. The highest BCUT2D eigenvalue weighted by Gasteiger charge is 2.49. The molecule has 2 amide bonds. The van der Waals surface area contributed by atoms with Gasteiger partial charge in [0.15, 0.2) is 0 Å². The highest BCUT2D eigenvalue weighted by atomic mass is 16.6. The van der Waals surface area contributed by atoms with E-state index in [0.717, 1.165) is 11.2 Å². The summed E-state index contributed by atoms with van der Waals surface area (Å²) in [5, 5.41) is 4.23. The Morgan fingerprint density at radius 1 is 1.19 bits per heavy atom. The molecule has 2 saturated heterocycles. The van der Waals surface area contributed by atoms with Crippen molar-refractivity contribution in [3.8, 4) is 0 Å². The van der Waals surface area contributed by atoms with Crippen molar-refractivity contribution in [2.45, 2.75) is 18.7 Å². The number of ether oxygens (including phenoxy) is 1. The van der Waals surface area contributed by atoms with E-state index in [-0.39, 0.29) is 24.1 Å². The normalized spacial score (nSPS) is 21.6. The Kier molecular flexibility index (Phi) is 3.56. The Bertz CT molecular complexity index is 1020. The minimum atomic E-state index is -0.348. The highest BCUT2D eigenvalue weighted by Crippen LogP contribution is 2.29. The quantitative estimate of drug-likeness (QED) is 0.706. The Morgan fingerprint density at radius 3 is 2.93 bits per heavy atom. The molecule has 5 heterocycles. The fourth-order valence-corrected chi connectivity index (χ4v) is 3.79. The Hall–Kier alpha value is -3.42. The highest BCUT2D eigenvalue weighted by molar-refractivity contribution is 6.00. The van der Waals surface area contributed by atoms with Crippen LogP contribution in [0, 0.1) is 0 Å². The molecule has 0 aliphatic carbocycles. The SMILES string of the molecule is O=C(c1cnn2ccccc12)N1C[C@H]2OC(=O)N(Cc3ccccn3)[C@H]2C1. The van der Waals surface area contributed by atoms with Crippen LogP contribution in [0.4, 0.5) is 4.79 Å². The van der Waals surface area contributed by atoms with E-state index >= 15 is 0 Å². The van der Waals surface area contributed by atoms with Gasteiger partial charge in [-0.3, -0.25) is 14.7 Å². The molecule has 0 spiro atoms. The number of nitrogens with zero attached hydrogens (tertiary/aromatic N) is 5. The van der Waals surface area contributed by atoms with Crippen LogP contribution in [0.2, 0.25) is 0 Å². The van der Waals surface area contributed by atoms with E-state index in [9.17, 15) is 9.59 Å². The first-order valence-electron chi connectivity index (χ1n) is 8.79. The molecule has 8 nitrogen and oxygen atoms in total. The number of carbonyl (C=O) groups is 2. The third-order valence-electron chi connectivity index (χ3n) is 5.13. The molecule has 2 aliphatic rings. The van der Waals surface area contributed by atoms with Gasteiger partial charge in [0.2, 0.25) is 0 Å². The van der Waals surface area contributed by atoms with Gasteiger partial charge in [-0.1, -0.05) is 12.1 Å². The van der Waals surface area contributed by atoms with Gasteiger partial charge in [-0.15, -0.1) is 0 Å². The minimum absolute atomic E-state index is 0.0977. The first kappa shape index (κ1) is 15.8. The largest absolute Gasteiger partial charge is 0.442 e. The fraction of sp³-hybridized carbons (Fsp3) is 0.263. The van der Waals surface area contributed by atoms with E-state index < -0.39 is 0 Å². The maximum Gasteiger partial charge on any atom is 0.410 e. The van der Waals surface area contributed by atoms with Crippen LogP contribution in [0.25, 0.3) is 5.52 Å². The molecule has 8 heteroatoms. The molecule has 0 bridgehead atoms. The number of hydrogen-bond acceptors (Lipinski definition) is 5. The van der Waals surface area contributed by atoms with E-state index in [1.807, 2.05) is 36.4 Å². The number of amides is 2. The van der Waals surface area contributed by atoms with Crippen LogP contribution in [0.15, 0.2) is 55.0 Å². The van der Waals surface area contributed by atoms with Crippen LogP contribution in [-0.2, 0) is 11.3 Å². The molecule has 3 aromatic rings. The van der Waals surface area contributed by atoms with Crippen molar-refractivity contribution in [2.24, 2.45) is 0 Å². The zero-order chi connectivity index (χ0) is 18.4. The number of aromatic nitrogens is 3. The average molecular weight is 363 g/mol. The molecule has 2 atom stereocenters. The van der Waals surface area contributed by atoms with E-state index in [0.29, 0.717) is 25.2 Å². The second kappa shape index (κ2) is 6.08. The summed E-state index contributed by atoms with van der Waals surface area (Å²) in [5.74, 6) is -0.0977. The van der Waals surface area contributed by atoms with Crippen LogP contribution >= 0.6 is 0 Å². The first-order chi connectivity index (χ1) is 13.2. The van der Waals surface area contributed by atoms with Crippen LogP contribution < -0.4 is 0 Å². The Labute approximate surface area is 155 Å². The zero-order valence-electron chi connectivity index (χ0n) is 14.4. The van der Waals surface area contributed by atoms with Crippen molar-refractivity contribution in [1.82, 2.24) is 24.4 Å². The minimum Gasteiger partial charge on any atom is -0.442 e. The average Bonchev–Trinajstić information content (AvgIpc) is 3.37. The number of pyridine rings is 2. The summed E-state index contributed by atoms with van der Waals surface area (Å²) in [6.45, 7) is 1.20. The monoisotopic (exact) mass is 363 g/mol. The topological polar surface area (TPSA) is 80.0 Å². The third kappa shape index (κ3) is 2.61. The van der Waals surface area contributed by atoms with Gasteiger partial charge in [0.1, 0.15) is 6.10 Å². The van der Waals surface area contributed by atoms with Gasteiger partial charge in [0, 0.05) is 18.9 Å². The van der Waals surface area contributed by atoms with E-state index in [4.69, 9.17) is 4.74 Å². The molecule has 0 N–H and O–H groups in total. The third-order valence-corrected chi connectivity index (χ3v) is 5.13.